The highest BCUT2D eigenvalue weighted by Gasteiger charge is 2.10. The molecule has 0 atom stereocenters. The van der Waals surface area contributed by atoms with E-state index in [1.165, 1.54) is 0 Å². The van der Waals surface area contributed by atoms with E-state index in [9.17, 15) is 0 Å². The standard InChI is InChI=1S/C19H14N4O/c1-3-7-14(8-4-1)15-11-16(13-20-12-15)18-22-23-19(24-18)21-17-9-5-2-6-10-17/h1-13H,(H,21,23). The Morgan fingerprint density at radius 3 is 2.21 bits per heavy atom. The molecular formula is C19H14N4O. The van der Waals surface area contributed by atoms with E-state index in [0.717, 1.165) is 22.4 Å². The minimum atomic E-state index is 0.348. The third kappa shape index (κ3) is 3.01. The van der Waals surface area contributed by atoms with Crippen LogP contribution in [0.3, 0.4) is 0 Å². The molecule has 0 aliphatic rings. The molecule has 0 radical (unpaired) electrons. The molecule has 0 fully saturated rings. The first-order valence-electron chi connectivity index (χ1n) is 7.55. The Bertz CT molecular complexity index is 936. The summed E-state index contributed by atoms with van der Waals surface area (Å²) in [5.74, 6) is 0.429. The number of nitrogens with one attached hydrogen (secondary N) is 1. The molecule has 2 heterocycles. The maximum atomic E-state index is 5.69. The van der Waals surface area contributed by atoms with Crippen LogP contribution in [-0.4, -0.2) is 15.2 Å². The monoisotopic (exact) mass is 314 g/mol. The summed E-state index contributed by atoms with van der Waals surface area (Å²) in [6.45, 7) is 0. The normalized spacial score (nSPS) is 10.5. The lowest BCUT2D eigenvalue weighted by atomic mass is 10.1. The second-order valence-electron chi connectivity index (χ2n) is 5.23. The van der Waals surface area contributed by atoms with Gasteiger partial charge < -0.3 is 9.73 Å². The molecule has 5 heteroatoms. The summed E-state index contributed by atoms with van der Waals surface area (Å²) in [6.07, 6.45) is 3.53. The van der Waals surface area contributed by atoms with Gasteiger partial charge in [0.25, 0.3) is 5.89 Å². The molecule has 116 valence electrons. The molecule has 2 aromatic heterocycles. The van der Waals surface area contributed by atoms with Crippen LogP contribution >= 0.6 is 0 Å². The Hall–Kier alpha value is -3.47. The number of pyridine rings is 1. The zero-order valence-electron chi connectivity index (χ0n) is 12.8. The van der Waals surface area contributed by atoms with Crippen LogP contribution in [0, 0.1) is 0 Å². The summed E-state index contributed by atoms with van der Waals surface area (Å²) < 4.78 is 5.69. The van der Waals surface area contributed by atoms with Gasteiger partial charge in [-0.3, -0.25) is 4.98 Å². The van der Waals surface area contributed by atoms with Crippen LogP contribution in [0.1, 0.15) is 0 Å². The van der Waals surface area contributed by atoms with Crippen LogP contribution < -0.4 is 5.32 Å². The Morgan fingerprint density at radius 1 is 0.708 bits per heavy atom. The van der Waals surface area contributed by atoms with Crippen molar-refractivity contribution in [3.05, 3.63) is 79.1 Å². The summed E-state index contributed by atoms with van der Waals surface area (Å²) in [7, 11) is 0. The van der Waals surface area contributed by atoms with E-state index in [2.05, 4.69) is 20.5 Å². The van der Waals surface area contributed by atoms with Crippen molar-refractivity contribution in [3.8, 4) is 22.6 Å². The number of anilines is 2. The summed E-state index contributed by atoms with van der Waals surface area (Å²) in [5.41, 5.74) is 3.77. The second kappa shape index (κ2) is 6.34. The fourth-order valence-corrected chi connectivity index (χ4v) is 2.38. The molecule has 1 N–H and O–H groups in total. The van der Waals surface area contributed by atoms with Crippen molar-refractivity contribution >= 4 is 11.7 Å². The van der Waals surface area contributed by atoms with Crippen molar-refractivity contribution < 1.29 is 4.42 Å². The number of para-hydroxylation sites is 1. The van der Waals surface area contributed by atoms with Gasteiger partial charge >= 0.3 is 6.01 Å². The Morgan fingerprint density at radius 2 is 1.42 bits per heavy atom. The van der Waals surface area contributed by atoms with Gasteiger partial charge in [0.05, 0.1) is 5.56 Å². The average molecular weight is 314 g/mol. The second-order valence-corrected chi connectivity index (χ2v) is 5.23. The molecule has 5 nitrogen and oxygen atoms in total. The van der Waals surface area contributed by atoms with E-state index in [1.807, 2.05) is 72.9 Å². The van der Waals surface area contributed by atoms with Crippen molar-refractivity contribution in [2.45, 2.75) is 0 Å². The van der Waals surface area contributed by atoms with Crippen molar-refractivity contribution in [3.63, 3.8) is 0 Å². The van der Waals surface area contributed by atoms with Crippen LogP contribution in [0.25, 0.3) is 22.6 Å². The van der Waals surface area contributed by atoms with Crippen molar-refractivity contribution in [2.75, 3.05) is 5.32 Å². The molecule has 4 aromatic rings. The highest BCUT2D eigenvalue weighted by molar-refractivity contribution is 5.68. The summed E-state index contributed by atoms with van der Waals surface area (Å²) in [5, 5.41) is 11.2. The zero-order valence-corrected chi connectivity index (χ0v) is 12.8. The minimum Gasteiger partial charge on any atom is -0.403 e. The van der Waals surface area contributed by atoms with Gasteiger partial charge in [0.15, 0.2) is 0 Å². The fourth-order valence-electron chi connectivity index (χ4n) is 2.38. The summed E-state index contributed by atoms with van der Waals surface area (Å²) in [6, 6.07) is 22.1. The molecule has 0 saturated carbocycles. The molecule has 0 aliphatic heterocycles. The van der Waals surface area contributed by atoms with Gasteiger partial charge in [0.2, 0.25) is 0 Å². The number of aromatic nitrogens is 3. The molecule has 0 unspecified atom stereocenters. The van der Waals surface area contributed by atoms with E-state index in [4.69, 9.17) is 4.42 Å². The maximum absolute atomic E-state index is 5.69. The van der Waals surface area contributed by atoms with Crippen LogP contribution in [0.2, 0.25) is 0 Å². The van der Waals surface area contributed by atoms with Crippen LogP contribution in [0.4, 0.5) is 11.7 Å². The van der Waals surface area contributed by atoms with E-state index in [1.54, 1.807) is 6.20 Å². The molecule has 0 aliphatic carbocycles. The molecular weight excluding hydrogens is 300 g/mol. The van der Waals surface area contributed by atoms with Gasteiger partial charge in [-0.25, -0.2) is 0 Å². The number of nitrogens with zero attached hydrogens (tertiary/aromatic N) is 3. The molecule has 0 bridgehead atoms. The largest absolute Gasteiger partial charge is 0.403 e. The summed E-state index contributed by atoms with van der Waals surface area (Å²) >= 11 is 0. The van der Waals surface area contributed by atoms with Gasteiger partial charge in [-0.15, -0.1) is 5.10 Å². The lowest BCUT2D eigenvalue weighted by Crippen LogP contribution is -1.88. The van der Waals surface area contributed by atoms with Crippen molar-refractivity contribution in [1.82, 2.24) is 15.2 Å². The number of hydrogen-bond donors (Lipinski definition) is 1. The molecule has 0 amide bonds. The zero-order chi connectivity index (χ0) is 16.2. The molecule has 24 heavy (non-hydrogen) atoms. The third-order valence-electron chi connectivity index (χ3n) is 3.54. The Balaban J connectivity index is 1.61. The third-order valence-corrected chi connectivity index (χ3v) is 3.54. The van der Waals surface area contributed by atoms with Crippen LogP contribution in [0.15, 0.2) is 83.5 Å². The quantitative estimate of drug-likeness (QED) is 0.599. The highest BCUT2D eigenvalue weighted by atomic mass is 16.4. The van der Waals surface area contributed by atoms with Crippen LogP contribution in [-0.2, 0) is 0 Å². The lowest BCUT2D eigenvalue weighted by molar-refractivity contribution is 0.587. The van der Waals surface area contributed by atoms with Gasteiger partial charge in [-0.1, -0.05) is 53.6 Å². The number of rotatable bonds is 4. The van der Waals surface area contributed by atoms with Gasteiger partial charge in [-0.2, -0.15) is 0 Å². The van der Waals surface area contributed by atoms with Crippen LogP contribution in [0.5, 0.6) is 0 Å². The predicted octanol–water partition coefficient (Wildman–Crippen LogP) is 4.54. The molecule has 0 spiro atoms. The topological polar surface area (TPSA) is 63.8 Å². The first kappa shape index (κ1) is 14.1. The maximum Gasteiger partial charge on any atom is 0.320 e. The highest BCUT2D eigenvalue weighted by Crippen LogP contribution is 2.26. The van der Waals surface area contributed by atoms with Gasteiger partial charge in [0, 0.05) is 23.6 Å². The Kier molecular flexibility index (Phi) is 3.73. The van der Waals surface area contributed by atoms with Gasteiger partial charge in [0.1, 0.15) is 0 Å². The average Bonchev–Trinajstić information content (AvgIpc) is 3.12. The lowest BCUT2D eigenvalue weighted by Gasteiger charge is -2.02. The van der Waals surface area contributed by atoms with E-state index < -0.39 is 0 Å². The van der Waals surface area contributed by atoms with Gasteiger partial charge in [-0.05, 0) is 23.8 Å². The molecule has 0 saturated heterocycles. The SMILES string of the molecule is c1ccc(Nc2nnc(-c3cncc(-c4ccccc4)c3)o2)cc1. The first-order chi connectivity index (χ1) is 11.9. The predicted molar refractivity (Wildman–Crippen MR) is 92.7 cm³/mol. The number of hydrogen-bond acceptors (Lipinski definition) is 5. The first-order valence-corrected chi connectivity index (χ1v) is 7.55. The Labute approximate surface area is 139 Å². The molecule has 2 aromatic carbocycles. The van der Waals surface area contributed by atoms with E-state index in [-0.39, 0.29) is 0 Å². The van der Waals surface area contributed by atoms with Crippen molar-refractivity contribution in [1.29, 1.82) is 0 Å². The van der Waals surface area contributed by atoms with E-state index in [0.29, 0.717) is 11.9 Å². The fraction of sp³-hybridized carbons (Fsp3) is 0. The van der Waals surface area contributed by atoms with Crippen molar-refractivity contribution in [2.24, 2.45) is 0 Å². The van der Waals surface area contributed by atoms with E-state index >= 15 is 0 Å². The number of benzene rings is 2. The molecule has 4 rings (SSSR count). The minimum absolute atomic E-state index is 0.348. The smallest absolute Gasteiger partial charge is 0.320 e. The summed E-state index contributed by atoms with van der Waals surface area (Å²) in [4.78, 5) is 4.28.